The lowest BCUT2D eigenvalue weighted by molar-refractivity contribution is -0.477. The van der Waals surface area contributed by atoms with Crippen molar-refractivity contribution in [2.24, 2.45) is 0 Å². The molecule has 0 bridgehead atoms. The Kier molecular flexibility index (Phi) is 26.3. The Balaban J connectivity index is 2.75. The first-order valence-electron chi connectivity index (χ1n) is 28.9. The average molecular weight is 1300 g/mol. The number of benzene rings is 3. The molecule has 2 nitrogen and oxygen atoms in total. The molecule has 0 aliphatic rings. The van der Waals surface area contributed by atoms with E-state index in [4.69, 9.17) is 4.18 Å². The fraction of sp³-hybridized carbons (Fsp3) is 0.683. The number of carbonyl (C=O) groups excluding carboxylic acids is 1. The molecule has 0 atom stereocenters. The Morgan fingerprint density at radius 3 is 0.837 bits per heavy atom. The lowest BCUT2D eigenvalue weighted by Crippen LogP contribution is -2.78. The van der Waals surface area contributed by atoms with Gasteiger partial charge in [0.2, 0.25) is 0 Å². The normalized spacial score (nSPS) is 14.3. The number of hydrogen-bond donors (Lipinski definition) is 0. The number of aryl methyl sites for hydroxylation is 6. The second kappa shape index (κ2) is 29.7. The lowest BCUT2D eigenvalue weighted by atomic mass is 9.85. The Labute approximate surface area is 488 Å². The predicted molar refractivity (Wildman–Crippen MR) is 283 cm³/mol. The molecule has 0 aromatic heterocycles. The second-order valence-electron chi connectivity index (χ2n) is 21.7. The van der Waals surface area contributed by atoms with E-state index in [1.807, 2.05) is 41.5 Å². The summed E-state index contributed by atoms with van der Waals surface area (Å²) in [4.78, 5) is 14.3. The van der Waals surface area contributed by atoms with Crippen LogP contribution < -0.4 is 0 Å². The van der Waals surface area contributed by atoms with Gasteiger partial charge in [0.05, 0.1) is 0 Å². The Morgan fingerprint density at radius 1 is 0.337 bits per heavy atom. The van der Waals surface area contributed by atoms with Crippen molar-refractivity contribution in [2.75, 3.05) is 0 Å². The molecular weight excluding hydrogens is 1220 g/mol. The molecule has 0 N–H and O–H groups in total. The van der Waals surface area contributed by atoms with Gasteiger partial charge in [0, 0.05) is 14.7 Å². The fourth-order valence-corrected chi connectivity index (χ4v) is 13.9. The minimum Gasteiger partial charge on any atom is -0.397 e. The number of hydrogen-bond acceptors (Lipinski definition) is 2. The van der Waals surface area contributed by atoms with E-state index in [9.17, 15) is 61.9 Å². The minimum atomic E-state index is -9.59. The number of rotatable bonds is 38. The Bertz CT molecular complexity index is 2470. The highest BCUT2D eigenvalue weighted by atomic mass is 32.3. The molecule has 0 radical (unpaired) electrons. The zero-order valence-electron chi connectivity index (χ0n) is 48.6. The highest BCUT2D eigenvalue weighted by molar-refractivity contribution is 8.30. The first kappa shape index (κ1) is 76.1. The summed E-state index contributed by atoms with van der Waals surface area (Å²) in [5.41, 5.74) is 2.32. The smallest absolute Gasteiger partial charge is 0.397 e. The number of carbonyl (C=O) groups is 1. The van der Waals surface area contributed by atoms with Crippen LogP contribution in [0.3, 0.4) is 0 Å². The van der Waals surface area contributed by atoms with E-state index in [1.54, 1.807) is 24.3 Å². The van der Waals surface area contributed by atoms with Gasteiger partial charge in [-0.1, -0.05) is 161 Å². The molecule has 0 aliphatic heterocycles. The number of halogens is 23. The van der Waals surface area contributed by atoms with Crippen LogP contribution in [0.1, 0.15) is 190 Å². The van der Waals surface area contributed by atoms with Gasteiger partial charge in [-0.2, -0.15) is 101 Å². The molecular formula is C60H75F23O2S. The molecule has 0 spiro atoms. The van der Waals surface area contributed by atoms with Gasteiger partial charge >= 0.3 is 71.4 Å². The SMILES string of the molecule is CCCCCc1cc(CCCCC)c(S(OC(=O)C(F)(F)C(F)(F)C(F)(F)C(F)(F)C(F)(F)C(F)(F)C(F)(F)C(F)(F)C(F)(F)C(F)(F)C(F)(F)F)(c2ccccc2)c2c(CCCCC)cc(CCCCC)cc2CCCCC)c(CCCCC)c1. The van der Waals surface area contributed by atoms with Crippen LogP contribution in [-0.4, -0.2) is 71.4 Å². The summed E-state index contributed by atoms with van der Waals surface area (Å²) in [5, 5.41) is 0. The van der Waals surface area contributed by atoms with E-state index in [-0.39, 0.29) is 62.6 Å². The third kappa shape index (κ3) is 14.5. The van der Waals surface area contributed by atoms with Gasteiger partial charge < -0.3 is 4.18 Å². The number of alkyl halides is 23. The Hall–Kier alpha value is -4.13. The molecule has 3 rings (SSSR count). The molecule has 26 heteroatoms. The molecule has 0 aliphatic carbocycles. The van der Waals surface area contributed by atoms with Crippen molar-refractivity contribution in [1.82, 2.24) is 0 Å². The van der Waals surface area contributed by atoms with Crippen molar-refractivity contribution in [2.45, 2.75) is 276 Å². The standard InChI is InChI=1S/C60H75F23O2S/c1-7-13-20-28-40-36-42(30-22-15-9-3)47(43(37-40)31-23-16-10-4)86(46-34-26-19-27-35-46,48-44(32-24-17-11-5)38-41(29-21-14-8-2)39-45(48)33-25-18-12-6)85-49(84)50(61,62)51(63,64)52(65,66)53(67,68)54(69,70)55(71,72)56(73,74)57(75,76)58(77,78)59(79,80)60(81,82)83/h19,26-27,34-39H,7-18,20-25,28-33H2,1-6H3. The van der Waals surface area contributed by atoms with Crippen LogP contribution in [0.2, 0.25) is 0 Å². The van der Waals surface area contributed by atoms with Crippen LogP contribution in [0.15, 0.2) is 69.3 Å². The summed E-state index contributed by atoms with van der Waals surface area (Å²) >= 11 is 0. The van der Waals surface area contributed by atoms with Gasteiger partial charge in [0.15, 0.2) is 0 Å². The van der Waals surface area contributed by atoms with Crippen molar-refractivity contribution in [3.8, 4) is 0 Å². The summed E-state index contributed by atoms with van der Waals surface area (Å²) < 4.78 is 348. The zero-order valence-corrected chi connectivity index (χ0v) is 49.4. The van der Waals surface area contributed by atoms with Crippen molar-refractivity contribution in [3.63, 3.8) is 0 Å². The van der Waals surface area contributed by atoms with Crippen molar-refractivity contribution in [3.05, 3.63) is 88.0 Å². The van der Waals surface area contributed by atoms with E-state index in [1.165, 1.54) is 30.3 Å². The monoisotopic (exact) mass is 1300 g/mol. The zero-order chi connectivity index (χ0) is 65.8. The molecule has 494 valence electrons. The van der Waals surface area contributed by atoms with Gasteiger partial charge in [-0.15, -0.1) is 0 Å². The fourth-order valence-electron chi connectivity index (χ4n) is 9.97. The summed E-state index contributed by atoms with van der Waals surface area (Å²) in [7, 11) is -4.69. The number of unbranched alkanes of at least 4 members (excludes halogenated alkanes) is 12. The first-order chi connectivity index (χ1) is 39.6. The summed E-state index contributed by atoms with van der Waals surface area (Å²) in [6.45, 7) is 11.1. The summed E-state index contributed by atoms with van der Waals surface area (Å²) in [6, 6.07) is 13.0. The van der Waals surface area contributed by atoms with Crippen LogP contribution >= 0.6 is 10.3 Å². The molecule has 0 saturated heterocycles. The Morgan fingerprint density at radius 2 is 0.581 bits per heavy atom. The average Bonchev–Trinajstić information content (AvgIpc) is 0.699. The molecule has 3 aromatic carbocycles. The molecule has 3 aromatic rings. The third-order valence-electron chi connectivity index (χ3n) is 15.0. The highest BCUT2D eigenvalue weighted by Crippen LogP contribution is 2.74. The lowest BCUT2D eigenvalue weighted by Gasteiger charge is -2.46. The highest BCUT2D eigenvalue weighted by Gasteiger charge is 2.99. The third-order valence-corrected chi connectivity index (χ3v) is 18.5. The molecule has 0 saturated carbocycles. The molecule has 86 heavy (non-hydrogen) atoms. The maximum Gasteiger partial charge on any atom is 0.460 e. The van der Waals surface area contributed by atoms with Crippen LogP contribution in [0.25, 0.3) is 0 Å². The summed E-state index contributed by atoms with van der Waals surface area (Å²) in [5.74, 6) is -94.7. The second-order valence-corrected chi connectivity index (χ2v) is 24.3. The topological polar surface area (TPSA) is 26.3 Å². The molecule has 0 heterocycles. The van der Waals surface area contributed by atoms with Crippen LogP contribution in [0, 0.1) is 0 Å². The van der Waals surface area contributed by atoms with Crippen LogP contribution in [-0.2, 0) is 47.5 Å². The van der Waals surface area contributed by atoms with E-state index in [2.05, 4.69) is 0 Å². The van der Waals surface area contributed by atoms with E-state index < -0.39 is 81.7 Å². The maximum atomic E-state index is 17.1. The van der Waals surface area contributed by atoms with E-state index in [0.29, 0.717) is 127 Å². The van der Waals surface area contributed by atoms with E-state index >= 15 is 43.9 Å². The molecule has 0 unspecified atom stereocenters. The van der Waals surface area contributed by atoms with Gasteiger partial charge in [0.1, 0.15) is 0 Å². The summed E-state index contributed by atoms with van der Waals surface area (Å²) in [6.07, 6.45) is 2.19. The van der Waals surface area contributed by atoms with Crippen LogP contribution in [0.4, 0.5) is 101 Å². The molecule has 0 fully saturated rings. The minimum absolute atomic E-state index is 0.0136. The largest absolute Gasteiger partial charge is 0.460 e. The van der Waals surface area contributed by atoms with Crippen molar-refractivity contribution in [1.29, 1.82) is 0 Å². The van der Waals surface area contributed by atoms with Gasteiger partial charge in [-0.3, -0.25) is 0 Å². The van der Waals surface area contributed by atoms with Gasteiger partial charge in [-0.25, -0.2) is 4.79 Å². The predicted octanol–water partition coefficient (Wildman–Crippen LogP) is 22.7. The van der Waals surface area contributed by atoms with E-state index in [0.717, 1.165) is 12.8 Å². The van der Waals surface area contributed by atoms with Gasteiger partial charge in [-0.05, 0) is 133 Å². The quantitative estimate of drug-likeness (QED) is 0.0422. The first-order valence-corrected chi connectivity index (χ1v) is 30.4. The maximum absolute atomic E-state index is 17.1. The van der Waals surface area contributed by atoms with Crippen LogP contribution in [0.5, 0.6) is 0 Å². The van der Waals surface area contributed by atoms with Crippen molar-refractivity contribution < 1.29 is 110 Å². The molecule has 0 amide bonds. The van der Waals surface area contributed by atoms with Crippen molar-refractivity contribution >= 4 is 16.3 Å². The van der Waals surface area contributed by atoms with Gasteiger partial charge in [0.25, 0.3) is 0 Å².